The highest BCUT2D eigenvalue weighted by atomic mass is 19.1. The monoisotopic (exact) mass is 343 g/mol. The van der Waals surface area contributed by atoms with Crippen molar-refractivity contribution in [2.75, 3.05) is 32.7 Å². The number of aliphatic carboxylic acids is 1. The van der Waals surface area contributed by atoms with E-state index in [1.807, 2.05) is 13.8 Å². The molecule has 2 heterocycles. The van der Waals surface area contributed by atoms with Gasteiger partial charge in [-0.05, 0) is 18.8 Å². The second kappa shape index (κ2) is 7.36. The molecular formula is C16H26FN3O4. The van der Waals surface area contributed by atoms with Gasteiger partial charge in [0, 0.05) is 32.6 Å². The summed E-state index contributed by atoms with van der Waals surface area (Å²) in [6.45, 7) is 5.17. The zero-order valence-electron chi connectivity index (χ0n) is 14.3. The van der Waals surface area contributed by atoms with E-state index < -0.39 is 18.2 Å². The Morgan fingerprint density at radius 1 is 1.29 bits per heavy atom. The van der Waals surface area contributed by atoms with Crippen molar-refractivity contribution in [1.29, 1.82) is 0 Å². The van der Waals surface area contributed by atoms with Crippen LogP contribution in [0.2, 0.25) is 0 Å². The largest absolute Gasteiger partial charge is 0.479 e. The molecule has 8 heteroatoms. The van der Waals surface area contributed by atoms with E-state index in [2.05, 4.69) is 5.32 Å². The molecule has 2 saturated heterocycles. The van der Waals surface area contributed by atoms with E-state index >= 15 is 0 Å². The Balaban J connectivity index is 1.91. The first-order valence-electron chi connectivity index (χ1n) is 8.47. The lowest BCUT2D eigenvalue weighted by atomic mass is 9.96. The summed E-state index contributed by atoms with van der Waals surface area (Å²) in [6, 6.07) is -0.187. The van der Waals surface area contributed by atoms with Gasteiger partial charge < -0.3 is 20.2 Å². The quantitative estimate of drug-likeness (QED) is 0.799. The summed E-state index contributed by atoms with van der Waals surface area (Å²) in [5.41, 5.74) is -2.35. The molecule has 0 bridgehead atoms. The van der Waals surface area contributed by atoms with Gasteiger partial charge in [-0.25, -0.2) is 14.0 Å². The first-order valence-corrected chi connectivity index (χ1v) is 8.47. The van der Waals surface area contributed by atoms with Crippen LogP contribution in [0.5, 0.6) is 0 Å². The molecule has 2 N–H and O–H groups in total. The molecule has 7 nitrogen and oxygen atoms in total. The third-order valence-corrected chi connectivity index (χ3v) is 4.63. The highest BCUT2D eigenvalue weighted by Gasteiger charge is 2.48. The maximum absolute atomic E-state index is 14.1. The number of halogens is 1. The molecule has 0 saturated carbocycles. The lowest BCUT2D eigenvalue weighted by Crippen LogP contribution is -2.50. The number of nitrogens with one attached hydrogen (secondary N) is 1. The van der Waals surface area contributed by atoms with Crippen molar-refractivity contribution < 1.29 is 23.9 Å². The standard InChI is InChI=1S/C16H26FN3O4/c1-11(2)8-18-15(24)19-6-3-4-12(9-19)13(21)20-7-5-16(17,10-20)14(22)23/h11-12H,3-10H2,1-2H3,(H,18,24)(H,22,23). The van der Waals surface area contributed by atoms with E-state index in [1.165, 1.54) is 4.90 Å². The van der Waals surface area contributed by atoms with Crippen LogP contribution in [-0.4, -0.2) is 71.2 Å². The van der Waals surface area contributed by atoms with E-state index in [9.17, 15) is 18.8 Å². The molecule has 2 rings (SSSR count). The third kappa shape index (κ3) is 4.15. The van der Waals surface area contributed by atoms with Gasteiger partial charge in [0.05, 0.1) is 12.5 Å². The van der Waals surface area contributed by atoms with Crippen LogP contribution in [0.1, 0.15) is 33.1 Å². The number of carboxylic acid groups (broad SMARTS) is 1. The van der Waals surface area contributed by atoms with Gasteiger partial charge in [0.15, 0.2) is 0 Å². The van der Waals surface area contributed by atoms with Gasteiger partial charge in [0.25, 0.3) is 0 Å². The van der Waals surface area contributed by atoms with E-state index in [0.29, 0.717) is 38.4 Å². The van der Waals surface area contributed by atoms with E-state index in [1.54, 1.807) is 4.90 Å². The number of hydrogen-bond donors (Lipinski definition) is 2. The second-order valence-electron chi connectivity index (χ2n) is 7.15. The molecule has 2 fully saturated rings. The van der Waals surface area contributed by atoms with Gasteiger partial charge in [-0.1, -0.05) is 13.8 Å². The summed E-state index contributed by atoms with van der Waals surface area (Å²) < 4.78 is 14.1. The molecule has 0 spiro atoms. The van der Waals surface area contributed by atoms with Crippen LogP contribution in [0.15, 0.2) is 0 Å². The van der Waals surface area contributed by atoms with Gasteiger partial charge >= 0.3 is 12.0 Å². The van der Waals surface area contributed by atoms with Gasteiger partial charge in [0.1, 0.15) is 0 Å². The number of rotatable bonds is 4. The van der Waals surface area contributed by atoms with Crippen molar-refractivity contribution in [1.82, 2.24) is 15.1 Å². The number of piperidine rings is 1. The molecular weight excluding hydrogens is 317 g/mol. The summed E-state index contributed by atoms with van der Waals surface area (Å²) in [5, 5.41) is 11.8. The molecule has 0 aromatic carbocycles. The van der Waals surface area contributed by atoms with Crippen LogP contribution in [0.4, 0.5) is 9.18 Å². The van der Waals surface area contributed by atoms with Crippen molar-refractivity contribution in [2.24, 2.45) is 11.8 Å². The second-order valence-corrected chi connectivity index (χ2v) is 7.15. The van der Waals surface area contributed by atoms with E-state index in [4.69, 9.17) is 5.11 Å². The number of amides is 3. The smallest absolute Gasteiger partial charge is 0.343 e. The van der Waals surface area contributed by atoms with Gasteiger partial charge in [0.2, 0.25) is 11.6 Å². The Bertz CT molecular complexity index is 514. The summed E-state index contributed by atoms with van der Waals surface area (Å²) in [4.78, 5) is 38.6. The number of nitrogens with zero attached hydrogens (tertiary/aromatic N) is 2. The fraction of sp³-hybridized carbons (Fsp3) is 0.812. The van der Waals surface area contributed by atoms with Crippen LogP contribution >= 0.6 is 0 Å². The van der Waals surface area contributed by atoms with Crippen molar-refractivity contribution in [3.8, 4) is 0 Å². The minimum Gasteiger partial charge on any atom is -0.479 e. The molecule has 2 atom stereocenters. The molecule has 0 radical (unpaired) electrons. The Hall–Kier alpha value is -1.86. The number of carboxylic acids is 1. The molecule has 0 aliphatic carbocycles. The lowest BCUT2D eigenvalue weighted by Gasteiger charge is -2.34. The van der Waals surface area contributed by atoms with Crippen molar-refractivity contribution in [2.45, 2.75) is 38.8 Å². The number of likely N-dealkylation sites (tertiary alicyclic amines) is 2. The SMILES string of the molecule is CC(C)CNC(=O)N1CCCC(C(=O)N2CCC(F)(C(=O)O)C2)C1. The van der Waals surface area contributed by atoms with Crippen LogP contribution in [0.3, 0.4) is 0 Å². The highest BCUT2D eigenvalue weighted by molar-refractivity contribution is 5.84. The van der Waals surface area contributed by atoms with Crippen molar-refractivity contribution in [3.63, 3.8) is 0 Å². The van der Waals surface area contributed by atoms with Crippen LogP contribution < -0.4 is 5.32 Å². The van der Waals surface area contributed by atoms with Gasteiger partial charge in [-0.2, -0.15) is 0 Å². The fourth-order valence-corrected chi connectivity index (χ4v) is 3.16. The summed E-state index contributed by atoms with van der Waals surface area (Å²) >= 11 is 0. The number of urea groups is 1. The minimum absolute atomic E-state index is 0.109. The summed E-state index contributed by atoms with van der Waals surface area (Å²) in [7, 11) is 0. The molecule has 24 heavy (non-hydrogen) atoms. The van der Waals surface area contributed by atoms with E-state index in [0.717, 1.165) is 0 Å². The molecule has 2 aliphatic heterocycles. The molecule has 3 amide bonds. The molecule has 2 unspecified atom stereocenters. The maximum atomic E-state index is 14.1. The molecule has 2 aliphatic rings. The van der Waals surface area contributed by atoms with Crippen LogP contribution in [0.25, 0.3) is 0 Å². The minimum atomic E-state index is -2.35. The Morgan fingerprint density at radius 3 is 2.58 bits per heavy atom. The Morgan fingerprint density at radius 2 is 2.00 bits per heavy atom. The normalized spacial score (nSPS) is 27.4. The van der Waals surface area contributed by atoms with Gasteiger partial charge in [-0.3, -0.25) is 4.79 Å². The van der Waals surface area contributed by atoms with E-state index in [-0.39, 0.29) is 30.8 Å². The van der Waals surface area contributed by atoms with Crippen molar-refractivity contribution >= 4 is 17.9 Å². The molecule has 136 valence electrons. The summed E-state index contributed by atoms with van der Waals surface area (Å²) in [5.74, 6) is -1.82. The average molecular weight is 343 g/mol. The first kappa shape index (κ1) is 18.5. The number of carbonyl (C=O) groups excluding carboxylic acids is 2. The topological polar surface area (TPSA) is 90.0 Å². The van der Waals surface area contributed by atoms with Crippen LogP contribution in [-0.2, 0) is 9.59 Å². The van der Waals surface area contributed by atoms with Gasteiger partial charge in [-0.15, -0.1) is 0 Å². The highest BCUT2D eigenvalue weighted by Crippen LogP contribution is 2.29. The predicted molar refractivity (Wildman–Crippen MR) is 85.2 cm³/mol. The van der Waals surface area contributed by atoms with Crippen molar-refractivity contribution in [3.05, 3.63) is 0 Å². The number of alkyl halides is 1. The molecule has 0 aromatic heterocycles. The Kier molecular flexibility index (Phi) is 5.66. The predicted octanol–water partition coefficient (Wildman–Crippen LogP) is 1.09. The zero-order chi connectivity index (χ0) is 17.9. The number of carbonyl (C=O) groups is 3. The molecule has 0 aromatic rings. The fourth-order valence-electron chi connectivity index (χ4n) is 3.16. The number of hydrogen-bond acceptors (Lipinski definition) is 3. The average Bonchev–Trinajstić information content (AvgIpc) is 2.96. The summed E-state index contributed by atoms with van der Waals surface area (Å²) in [6.07, 6.45) is 1.16. The maximum Gasteiger partial charge on any atom is 0.343 e. The lowest BCUT2D eigenvalue weighted by molar-refractivity contribution is -0.150. The first-order chi connectivity index (χ1) is 11.2. The third-order valence-electron chi connectivity index (χ3n) is 4.63. The Labute approximate surface area is 141 Å². The zero-order valence-corrected chi connectivity index (χ0v) is 14.3. The van der Waals surface area contributed by atoms with Crippen LogP contribution in [0, 0.1) is 11.8 Å².